The lowest BCUT2D eigenvalue weighted by molar-refractivity contribution is -0.126. The number of unbranched alkanes of at least 4 members (excludes halogenated alkanes) is 1. The third kappa shape index (κ3) is 5.05. The summed E-state index contributed by atoms with van der Waals surface area (Å²) >= 11 is 1.64. The lowest BCUT2D eigenvalue weighted by Gasteiger charge is -2.16. The first-order valence-corrected chi connectivity index (χ1v) is 10.4. The molecule has 0 spiro atoms. The maximum atomic E-state index is 12.4. The number of aromatic nitrogens is 1. The number of anilines is 1. The van der Waals surface area contributed by atoms with Crippen molar-refractivity contribution in [3.8, 4) is 0 Å². The third-order valence-corrected chi connectivity index (χ3v) is 5.64. The zero-order valence-corrected chi connectivity index (χ0v) is 16.8. The highest BCUT2D eigenvalue weighted by Crippen LogP contribution is 2.30. The van der Waals surface area contributed by atoms with Crippen molar-refractivity contribution in [1.82, 2.24) is 10.3 Å². The number of carbonyl (C=O) groups excluding carboxylic acids is 2. The number of amides is 2. The first kappa shape index (κ1) is 19.8. The van der Waals surface area contributed by atoms with Crippen LogP contribution in [0.1, 0.15) is 37.6 Å². The molecule has 7 heteroatoms. The van der Waals surface area contributed by atoms with Crippen molar-refractivity contribution < 1.29 is 14.3 Å². The quantitative estimate of drug-likeness (QED) is 0.668. The molecule has 0 saturated carbocycles. The standard InChI is InChI=1S/C20H27N3O3S/c1-3-4-9-26-10-5-8-21-20(25)15-11-19(24)23(13-15)16-6-7-18-17(12-16)22-14(2)27-18/h6-7,12,15H,3-5,8-11,13H2,1-2H3,(H,21,25). The first-order chi connectivity index (χ1) is 13.1. The summed E-state index contributed by atoms with van der Waals surface area (Å²) in [6.07, 6.45) is 3.24. The van der Waals surface area contributed by atoms with Crippen LogP contribution in [-0.4, -0.2) is 43.1 Å². The van der Waals surface area contributed by atoms with Crippen LogP contribution in [0.5, 0.6) is 0 Å². The summed E-state index contributed by atoms with van der Waals surface area (Å²) in [5.41, 5.74) is 1.72. The van der Waals surface area contributed by atoms with Crippen LogP contribution in [0, 0.1) is 12.8 Å². The van der Waals surface area contributed by atoms with Crippen LogP contribution in [-0.2, 0) is 14.3 Å². The Morgan fingerprint density at radius 1 is 1.37 bits per heavy atom. The van der Waals surface area contributed by atoms with E-state index in [9.17, 15) is 9.59 Å². The lowest BCUT2D eigenvalue weighted by atomic mass is 10.1. The minimum Gasteiger partial charge on any atom is -0.381 e. The number of nitrogens with zero attached hydrogens (tertiary/aromatic N) is 2. The van der Waals surface area contributed by atoms with Gasteiger partial charge in [0.05, 0.1) is 21.1 Å². The zero-order chi connectivity index (χ0) is 19.2. The minimum absolute atomic E-state index is 0.00986. The molecule has 1 aliphatic heterocycles. The highest BCUT2D eigenvalue weighted by Gasteiger charge is 2.35. The van der Waals surface area contributed by atoms with E-state index in [1.165, 1.54) is 0 Å². The Morgan fingerprint density at radius 2 is 2.19 bits per heavy atom. The number of thiazole rings is 1. The number of carbonyl (C=O) groups is 2. The van der Waals surface area contributed by atoms with Crippen LogP contribution >= 0.6 is 11.3 Å². The van der Waals surface area contributed by atoms with Gasteiger partial charge in [-0.05, 0) is 38.0 Å². The van der Waals surface area contributed by atoms with Gasteiger partial charge in [0.2, 0.25) is 11.8 Å². The molecule has 2 amide bonds. The van der Waals surface area contributed by atoms with Crippen molar-refractivity contribution in [3.05, 3.63) is 23.2 Å². The van der Waals surface area contributed by atoms with E-state index in [0.29, 0.717) is 19.7 Å². The highest BCUT2D eigenvalue weighted by molar-refractivity contribution is 7.18. The Hall–Kier alpha value is -1.99. The van der Waals surface area contributed by atoms with E-state index < -0.39 is 0 Å². The second-order valence-electron chi connectivity index (χ2n) is 6.90. The molecule has 1 aromatic carbocycles. The zero-order valence-electron chi connectivity index (χ0n) is 16.0. The average Bonchev–Trinajstić information content (AvgIpc) is 3.21. The number of hydrogen-bond acceptors (Lipinski definition) is 5. The van der Waals surface area contributed by atoms with Gasteiger partial charge in [-0.2, -0.15) is 0 Å². The average molecular weight is 390 g/mol. The molecule has 27 heavy (non-hydrogen) atoms. The van der Waals surface area contributed by atoms with E-state index in [1.54, 1.807) is 16.2 Å². The molecule has 0 radical (unpaired) electrons. The molecule has 1 aromatic heterocycles. The van der Waals surface area contributed by atoms with Crippen molar-refractivity contribution in [1.29, 1.82) is 0 Å². The van der Waals surface area contributed by atoms with Gasteiger partial charge in [0.25, 0.3) is 0 Å². The van der Waals surface area contributed by atoms with E-state index in [1.807, 2.05) is 25.1 Å². The molecular weight excluding hydrogens is 362 g/mol. The second kappa shape index (κ2) is 9.28. The Bertz CT molecular complexity index is 805. The number of rotatable bonds is 9. The van der Waals surface area contributed by atoms with E-state index in [-0.39, 0.29) is 24.2 Å². The second-order valence-corrected chi connectivity index (χ2v) is 8.14. The van der Waals surface area contributed by atoms with E-state index in [4.69, 9.17) is 4.74 Å². The maximum Gasteiger partial charge on any atom is 0.227 e. The van der Waals surface area contributed by atoms with Gasteiger partial charge in [-0.3, -0.25) is 9.59 Å². The number of aryl methyl sites for hydroxylation is 1. The van der Waals surface area contributed by atoms with Crippen molar-refractivity contribution in [2.45, 2.75) is 39.5 Å². The minimum atomic E-state index is -0.300. The fourth-order valence-electron chi connectivity index (χ4n) is 3.21. The Labute approximate surface area is 163 Å². The molecule has 146 valence electrons. The molecule has 0 bridgehead atoms. The summed E-state index contributed by atoms with van der Waals surface area (Å²) < 4.78 is 6.60. The van der Waals surface area contributed by atoms with Gasteiger partial charge in [-0.25, -0.2) is 4.98 Å². The van der Waals surface area contributed by atoms with Crippen LogP contribution in [0.2, 0.25) is 0 Å². The summed E-state index contributed by atoms with van der Waals surface area (Å²) in [4.78, 5) is 31.0. The number of nitrogens with one attached hydrogen (secondary N) is 1. The summed E-state index contributed by atoms with van der Waals surface area (Å²) in [6.45, 7) is 6.54. The summed E-state index contributed by atoms with van der Waals surface area (Å²) in [5, 5.41) is 3.94. The van der Waals surface area contributed by atoms with E-state index in [2.05, 4.69) is 17.2 Å². The molecule has 3 rings (SSSR count). The van der Waals surface area contributed by atoms with Crippen molar-refractivity contribution in [2.75, 3.05) is 31.2 Å². The molecule has 1 N–H and O–H groups in total. The molecule has 1 fully saturated rings. The smallest absolute Gasteiger partial charge is 0.227 e. The predicted octanol–water partition coefficient (Wildman–Crippen LogP) is 3.28. The van der Waals surface area contributed by atoms with Crippen molar-refractivity contribution in [2.24, 2.45) is 5.92 Å². The maximum absolute atomic E-state index is 12.4. The molecule has 1 aliphatic rings. The van der Waals surface area contributed by atoms with Gasteiger partial charge in [0, 0.05) is 38.4 Å². The fourth-order valence-corrected chi connectivity index (χ4v) is 4.02. The van der Waals surface area contributed by atoms with Crippen LogP contribution in [0.25, 0.3) is 10.2 Å². The summed E-state index contributed by atoms with van der Waals surface area (Å²) in [6, 6.07) is 5.87. The highest BCUT2D eigenvalue weighted by atomic mass is 32.1. The Kier molecular flexibility index (Phi) is 6.79. The molecule has 1 unspecified atom stereocenters. The van der Waals surface area contributed by atoms with Crippen LogP contribution < -0.4 is 10.2 Å². The Morgan fingerprint density at radius 3 is 3.00 bits per heavy atom. The van der Waals surface area contributed by atoms with Crippen LogP contribution in [0.15, 0.2) is 18.2 Å². The topological polar surface area (TPSA) is 71.5 Å². The number of ether oxygens (including phenoxy) is 1. The number of benzene rings is 1. The van der Waals surface area contributed by atoms with E-state index >= 15 is 0 Å². The summed E-state index contributed by atoms with van der Waals surface area (Å²) in [7, 11) is 0. The van der Waals surface area contributed by atoms with Gasteiger partial charge >= 0.3 is 0 Å². The molecule has 6 nitrogen and oxygen atoms in total. The largest absolute Gasteiger partial charge is 0.381 e. The molecule has 2 aromatic rings. The SMILES string of the molecule is CCCCOCCCNC(=O)C1CC(=O)N(c2ccc3sc(C)nc3c2)C1. The van der Waals surface area contributed by atoms with Gasteiger partial charge in [-0.1, -0.05) is 13.3 Å². The predicted molar refractivity (Wildman–Crippen MR) is 108 cm³/mol. The van der Waals surface area contributed by atoms with Crippen molar-refractivity contribution >= 4 is 39.1 Å². The van der Waals surface area contributed by atoms with E-state index in [0.717, 1.165) is 46.8 Å². The molecule has 2 heterocycles. The fraction of sp³-hybridized carbons (Fsp3) is 0.550. The van der Waals surface area contributed by atoms with Gasteiger partial charge < -0.3 is 15.0 Å². The van der Waals surface area contributed by atoms with Crippen molar-refractivity contribution in [3.63, 3.8) is 0 Å². The molecule has 0 aliphatic carbocycles. The summed E-state index contributed by atoms with van der Waals surface area (Å²) in [5.74, 6) is -0.360. The number of fused-ring (bicyclic) bond motifs is 1. The van der Waals surface area contributed by atoms with Gasteiger partial charge in [0.1, 0.15) is 0 Å². The normalized spacial score (nSPS) is 17.0. The van der Waals surface area contributed by atoms with Crippen LogP contribution in [0.3, 0.4) is 0 Å². The lowest BCUT2D eigenvalue weighted by Crippen LogP contribution is -2.33. The molecular formula is C20H27N3O3S. The van der Waals surface area contributed by atoms with Gasteiger partial charge in [0.15, 0.2) is 0 Å². The monoisotopic (exact) mass is 389 g/mol. The third-order valence-electron chi connectivity index (χ3n) is 4.69. The Balaban J connectivity index is 1.49. The molecule has 1 atom stereocenters. The molecule has 1 saturated heterocycles. The number of hydrogen-bond donors (Lipinski definition) is 1. The van der Waals surface area contributed by atoms with Crippen LogP contribution in [0.4, 0.5) is 5.69 Å². The van der Waals surface area contributed by atoms with Gasteiger partial charge in [-0.15, -0.1) is 11.3 Å². The first-order valence-electron chi connectivity index (χ1n) is 9.61.